The molecule has 2 aliphatic rings. The molecule has 2 aliphatic carbocycles. The minimum atomic E-state index is -0.563. The van der Waals surface area contributed by atoms with E-state index >= 15 is 0 Å². The molecule has 2 saturated carbocycles. The third-order valence-corrected chi connectivity index (χ3v) is 5.34. The first-order valence-electron chi connectivity index (χ1n) is 6.77. The zero-order chi connectivity index (χ0) is 12.3. The van der Waals surface area contributed by atoms with Crippen LogP contribution in [0.15, 0.2) is 0 Å². The molecule has 1 amide bonds. The summed E-state index contributed by atoms with van der Waals surface area (Å²) >= 11 is 1.93. The van der Waals surface area contributed by atoms with Crippen LogP contribution in [-0.2, 0) is 4.79 Å². The van der Waals surface area contributed by atoms with E-state index in [1.807, 2.05) is 11.8 Å². The van der Waals surface area contributed by atoms with Crippen LogP contribution in [-0.4, -0.2) is 29.0 Å². The van der Waals surface area contributed by atoms with Crippen LogP contribution in [0.5, 0.6) is 0 Å². The number of hydrogen-bond donors (Lipinski definition) is 2. The zero-order valence-corrected chi connectivity index (χ0v) is 11.5. The molecule has 4 heteroatoms. The van der Waals surface area contributed by atoms with Crippen LogP contribution in [0.4, 0.5) is 0 Å². The lowest BCUT2D eigenvalue weighted by Crippen LogP contribution is -2.55. The molecule has 98 valence electrons. The first-order valence-corrected chi connectivity index (χ1v) is 8.05. The number of hydrogen-bond acceptors (Lipinski definition) is 3. The van der Waals surface area contributed by atoms with Gasteiger partial charge in [0.25, 0.3) is 0 Å². The van der Waals surface area contributed by atoms with Crippen LogP contribution in [0.3, 0.4) is 0 Å². The van der Waals surface area contributed by atoms with Crippen molar-refractivity contribution in [2.24, 2.45) is 5.73 Å². The molecule has 0 heterocycles. The third kappa shape index (κ3) is 3.16. The van der Waals surface area contributed by atoms with Gasteiger partial charge in [0, 0.05) is 11.3 Å². The maximum atomic E-state index is 12.2. The molecule has 0 aromatic heterocycles. The van der Waals surface area contributed by atoms with Gasteiger partial charge in [-0.15, -0.1) is 0 Å². The van der Waals surface area contributed by atoms with Crippen molar-refractivity contribution in [2.45, 2.75) is 68.2 Å². The SMILES string of the molecule is CSC1CCCC(NC(=O)C2(N)CCCC2)C1. The van der Waals surface area contributed by atoms with E-state index in [0.717, 1.165) is 38.5 Å². The fraction of sp³-hybridized carbons (Fsp3) is 0.923. The van der Waals surface area contributed by atoms with Gasteiger partial charge in [-0.2, -0.15) is 11.8 Å². The number of amides is 1. The average molecular weight is 256 g/mol. The zero-order valence-electron chi connectivity index (χ0n) is 10.7. The number of nitrogens with one attached hydrogen (secondary N) is 1. The largest absolute Gasteiger partial charge is 0.352 e. The quantitative estimate of drug-likeness (QED) is 0.812. The first kappa shape index (κ1) is 13.2. The highest BCUT2D eigenvalue weighted by atomic mass is 32.2. The summed E-state index contributed by atoms with van der Waals surface area (Å²) in [6.07, 6.45) is 10.8. The summed E-state index contributed by atoms with van der Waals surface area (Å²) in [7, 11) is 0. The molecular formula is C13H24N2OS. The molecule has 0 saturated heterocycles. The summed E-state index contributed by atoms with van der Waals surface area (Å²) in [5.41, 5.74) is 5.61. The Morgan fingerprint density at radius 2 is 2.00 bits per heavy atom. The van der Waals surface area contributed by atoms with Gasteiger partial charge in [0.15, 0.2) is 0 Å². The Balaban J connectivity index is 1.85. The highest BCUT2D eigenvalue weighted by Gasteiger charge is 2.38. The highest BCUT2D eigenvalue weighted by Crippen LogP contribution is 2.30. The van der Waals surface area contributed by atoms with Crippen molar-refractivity contribution in [2.75, 3.05) is 6.26 Å². The number of carbonyl (C=O) groups excluding carboxylic acids is 1. The minimum absolute atomic E-state index is 0.0988. The molecule has 2 unspecified atom stereocenters. The van der Waals surface area contributed by atoms with Crippen molar-refractivity contribution in [3.8, 4) is 0 Å². The Labute approximate surface area is 108 Å². The van der Waals surface area contributed by atoms with E-state index in [9.17, 15) is 4.79 Å². The van der Waals surface area contributed by atoms with Crippen LogP contribution >= 0.6 is 11.8 Å². The predicted octanol–water partition coefficient (Wildman–Crippen LogP) is 2.05. The lowest BCUT2D eigenvalue weighted by Gasteiger charge is -2.32. The molecule has 3 N–H and O–H groups in total. The molecule has 0 radical (unpaired) electrons. The first-order chi connectivity index (χ1) is 8.14. The predicted molar refractivity (Wildman–Crippen MR) is 73.1 cm³/mol. The molecule has 2 atom stereocenters. The normalized spacial score (nSPS) is 32.4. The van der Waals surface area contributed by atoms with Crippen molar-refractivity contribution in [1.82, 2.24) is 5.32 Å². The van der Waals surface area contributed by atoms with Crippen LogP contribution in [0.1, 0.15) is 51.4 Å². The number of rotatable bonds is 3. The third-order valence-electron chi connectivity index (χ3n) is 4.24. The summed E-state index contributed by atoms with van der Waals surface area (Å²) < 4.78 is 0. The summed E-state index contributed by atoms with van der Waals surface area (Å²) in [5.74, 6) is 0.0988. The second kappa shape index (κ2) is 5.61. The summed E-state index contributed by atoms with van der Waals surface area (Å²) in [6.45, 7) is 0. The second-order valence-corrected chi connectivity index (χ2v) is 6.70. The monoisotopic (exact) mass is 256 g/mol. The van der Waals surface area contributed by atoms with Crippen LogP contribution in [0, 0.1) is 0 Å². The van der Waals surface area contributed by atoms with Gasteiger partial charge in [-0.3, -0.25) is 4.79 Å². The molecule has 2 fully saturated rings. The summed E-state index contributed by atoms with van der Waals surface area (Å²) in [4.78, 5) is 12.2. The number of carbonyl (C=O) groups is 1. The molecule has 0 aliphatic heterocycles. The molecule has 17 heavy (non-hydrogen) atoms. The van der Waals surface area contributed by atoms with E-state index in [4.69, 9.17) is 5.73 Å². The molecule has 0 aromatic carbocycles. The van der Waals surface area contributed by atoms with Crippen molar-refractivity contribution < 1.29 is 4.79 Å². The standard InChI is InChI=1S/C13H24N2OS/c1-17-11-6-4-5-10(9-11)15-12(16)13(14)7-2-3-8-13/h10-11H,2-9,14H2,1H3,(H,15,16). The van der Waals surface area contributed by atoms with Crippen molar-refractivity contribution >= 4 is 17.7 Å². The summed E-state index contributed by atoms with van der Waals surface area (Å²) in [6, 6.07) is 0.356. The van der Waals surface area contributed by atoms with E-state index in [1.54, 1.807) is 0 Å². The van der Waals surface area contributed by atoms with E-state index in [2.05, 4.69) is 11.6 Å². The molecule has 2 rings (SSSR count). The van der Waals surface area contributed by atoms with Gasteiger partial charge in [-0.25, -0.2) is 0 Å². The van der Waals surface area contributed by atoms with E-state index in [-0.39, 0.29) is 5.91 Å². The van der Waals surface area contributed by atoms with Crippen LogP contribution in [0.2, 0.25) is 0 Å². The van der Waals surface area contributed by atoms with Gasteiger partial charge in [0.1, 0.15) is 0 Å². The molecular weight excluding hydrogens is 232 g/mol. The van der Waals surface area contributed by atoms with Crippen molar-refractivity contribution in [3.63, 3.8) is 0 Å². The highest BCUT2D eigenvalue weighted by molar-refractivity contribution is 7.99. The smallest absolute Gasteiger partial charge is 0.240 e. The van der Waals surface area contributed by atoms with Crippen LogP contribution < -0.4 is 11.1 Å². The van der Waals surface area contributed by atoms with Crippen molar-refractivity contribution in [1.29, 1.82) is 0 Å². The van der Waals surface area contributed by atoms with Gasteiger partial charge >= 0.3 is 0 Å². The Bertz CT molecular complexity index is 277. The Morgan fingerprint density at radius 1 is 1.29 bits per heavy atom. The maximum absolute atomic E-state index is 12.2. The van der Waals surface area contributed by atoms with E-state index < -0.39 is 5.54 Å². The minimum Gasteiger partial charge on any atom is -0.352 e. The van der Waals surface area contributed by atoms with Gasteiger partial charge in [-0.05, 0) is 38.4 Å². The molecule has 0 bridgehead atoms. The van der Waals surface area contributed by atoms with Crippen molar-refractivity contribution in [3.05, 3.63) is 0 Å². The lowest BCUT2D eigenvalue weighted by atomic mass is 9.92. The lowest BCUT2D eigenvalue weighted by molar-refractivity contribution is -0.127. The van der Waals surface area contributed by atoms with Gasteiger partial charge in [-0.1, -0.05) is 19.3 Å². The Hall–Kier alpha value is -0.220. The van der Waals surface area contributed by atoms with Gasteiger partial charge < -0.3 is 11.1 Å². The van der Waals surface area contributed by atoms with Gasteiger partial charge in [0.05, 0.1) is 5.54 Å². The average Bonchev–Trinajstić information content (AvgIpc) is 2.78. The number of thioether (sulfide) groups is 1. The van der Waals surface area contributed by atoms with Crippen LogP contribution in [0.25, 0.3) is 0 Å². The maximum Gasteiger partial charge on any atom is 0.240 e. The van der Waals surface area contributed by atoms with E-state index in [1.165, 1.54) is 12.8 Å². The van der Waals surface area contributed by atoms with Gasteiger partial charge in [0.2, 0.25) is 5.91 Å². The second-order valence-electron chi connectivity index (χ2n) is 5.56. The summed E-state index contributed by atoms with van der Waals surface area (Å²) in [5, 5.41) is 3.90. The Morgan fingerprint density at radius 3 is 2.65 bits per heavy atom. The topological polar surface area (TPSA) is 55.1 Å². The van der Waals surface area contributed by atoms with E-state index in [0.29, 0.717) is 11.3 Å². The Kier molecular flexibility index (Phi) is 4.36. The molecule has 0 aromatic rings. The fourth-order valence-corrected chi connectivity index (χ4v) is 3.88. The fourth-order valence-electron chi connectivity index (χ4n) is 3.05. The number of nitrogens with two attached hydrogens (primary N) is 1. The molecule has 0 spiro atoms. The molecule has 3 nitrogen and oxygen atoms in total.